The fourth-order valence-corrected chi connectivity index (χ4v) is 0.178. The molecule has 0 unspecified atom stereocenters. The number of esters is 1. The number of aliphatic hydroxyl groups excluding tert-OH is 1. The first-order chi connectivity index (χ1) is 3.72. The lowest BCUT2D eigenvalue weighted by Gasteiger charge is -1.90. The van der Waals surface area contributed by atoms with Crippen molar-refractivity contribution in [2.45, 2.75) is 0 Å². The first kappa shape index (κ1) is 7.10. The van der Waals surface area contributed by atoms with Gasteiger partial charge in [0.1, 0.15) is 6.61 Å². The van der Waals surface area contributed by atoms with Crippen LogP contribution < -0.4 is 0 Å². The number of ketones is 1. The van der Waals surface area contributed by atoms with Gasteiger partial charge in [-0.2, -0.15) is 0 Å². The van der Waals surface area contributed by atoms with E-state index in [1.165, 1.54) is 0 Å². The highest BCUT2D eigenvalue weighted by molar-refractivity contribution is 6.34. The second-order valence-electron chi connectivity index (χ2n) is 1.07. The zero-order valence-electron chi connectivity index (χ0n) is 4.38. The Morgan fingerprint density at radius 1 is 1.62 bits per heavy atom. The van der Waals surface area contributed by atoms with Crippen molar-refractivity contribution in [3.63, 3.8) is 0 Å². The van der Waals surface area contributed by atoms with E-state index in [1.54, 1.807) is 0 Å². The molecule has 0 aromatic carbocycles. The molecule has 0 atom stereocenters. The van der Waals surface area contributed by atoms with Crippen LogP contribution >= 0.6 is 0 Å². The largest absolute Gasteiger partial charge is 0.463 e. The summed E-state index contributed by atoms with van der Waals surface area (Å²) in [4.78, 5) is 20.0. The summed E-state index contributed by atoms with van der Waals surface area (Å²) in [6.07, 6.45) is 0. The molecular formula is C4H6O4. The molecule has 8 heavy (non-hydrogen) atoms. The van der Waals surface area contributed by atoms with Crippen molar-refractivity contribution in [3.05, 3.63) is 0 Å². The fourth-order valence-electron chi connectivity index (χ4n) is 0.178. The molecule has 0 amide bonds. The Bertz CT molecular complexity index is 92.6. The molecule has 0 radical (unpaired) electrons. The summed E-state index contributed by atoms with van der Waals surface area (Å²) in [5, 5.41) is 7.99. The highest BCUT2D eigenvalue weighted by atomic mass is 16.5. The van der Waals surface area contributed by atoms with Crippen molar-refractivity contribution >= 4 is 11.8 Å². The number of methoxy groups -OCH3 is 1. The normalized spacial score (nSPS) is 8.25. The van der Waals surface area contributed by atoms with Gasteiger partial charge in [0.25, 0.3) is 5.78 Å². The van der Waals surface area contributed by atoms with Crippen LogP contribution in [0.5, 0.6) is 0 Å². The van der Waals surface area contributed by atoms with E-state index < -0.39 is 18.4 Å². The van der Waals surface area contributed by atoms with Gasteiger partial charge in [-0.15, -0.1) is 0 Å². The summed E-state index contributed by atoms with van der Waals surface area (Å²) in [6, 6.07) is 0. The highest BCUT2D eigenvalue weighted by Crippen LogP contribution is 1.73. The molecule has 4 heteroatoms. The fraction of sp³-hybridized carbons (Fsp3) is 0.500. The second-order valence-corrected chi connectivity index (χ2v) is 1.07. The van der Waals surface area contributed by atoms with Crippen LogP contribution in [0.25, 0.3) is 0 Å². The predicted octanol–water partition coefficient (Wildman–Crippen LogP) is -1.28. The van der Waals surface area contributed by atoms with Crippen molar-refractivity contribution < 1.29 is 19.4 Å². The van der Waals surface area contributed by atoms with Crippen LogP contribution in [0.1, 0.15) is 0 Å². The van der Waals surface area contributed by atoms with Gasteiger partial charge in [-0.3, -0.25) is 4.79 Å². The van der Waals surface area contributed by atoms with Gasteiger partial charge in [0.2, 0.25) is 0 Å². The van der Waals surface area contributed by atoms with Crippen molar-refractivity contribution in [2.75, 3.05) is 13.7 Å². The van der Waals surface area contributed by atoms with E-state index in [4.69, 9.17) is 5.11 Å². The Morgan fingerprint density at radius 2 is 2.12 bits per heavy atom. The number of ether oxygens (including phenoxy) is 1. The number of rotatable bonds is 2. The Morgan fingerprint density at radius 3 is 2.25 bits per heavy atom. The zero-order chi connectivity index (χ0) is 6.57. The van der Waals surface area contributed by atoms with Crippen LogP contribution in [0.2, 0.25) is 0 Å². The molecule has 0 heterocycles. The molecule has 0 bridgehead atoms. The van der Waals surface area contributed by atoms with Gasteiger partial charge in [-0.25, -0.2) is 4.79 Å². The maximum Gasteiger partial charge on any atom is 0.376 e. The Kier molecular flexibility index (Phi) is 2.79. The summed E-state index contributed by atoms with van der Waals surface area (Å²) in [5.41, 5.74) is 0. The van der Waals surface area contributed by atoms with Crippen LogP contribution in [-0.2, 0) is 14.3 Å². The molecule has 0 aliphatic heterocycles. The maximum absolute atomic E-state index is 10.0. The number of aliphatic hydroxyl groups is 1. The summed E-state index contributed by atoms with van der Waals surface area (Å²) in [6.45, 7) is -0.785. The minimum atomic E-state index is -1.01. The number of carbonyl (C=O) groups excluding carboxylic acids is 2. The molecule has 4 nitrogen and oxygen atoms in total. The van der Waals surface area contributed by atoms with Gasteiger partial charge < -0.3 is 9.84 Å². The topological polar surface area (TPSA) is 63.6 Å². The summed E-state index contributed by atoms with van der Waals surface area (Å²) in [7, 11) is 1.08. The minimum Gasteiger partial charge on any atom is -0.463 e. The number of hydrogen-bond acceptors (Lipinski definition) is 4. The Balaban J connectivity index is 3.64. The number of Topliss-reactive ketones (excluding diaryl/α,β-unsaturated/α-hetero) is 1. The van der Waals surface area contributed by atoms with Gasteiger partial charge in [0.05, 0.1) is 7.11 Å². The quantitative estimate of drug-likeness (QED) is 0.362. The third kappa shape index (κ3) is 1.70. The van der Waals surface area contributed by atoms with Crippen LogP contribution in [0.3, 0.4) is 0 Å². The smallest absolute Gasteiger partial charge is 0.376 e. The monoisotopic (exact) mass is 118 g/mol. The van der Waals surface area contributed by atoms with E-state index >= 15 is 0 Å². The van der Waals surface area contributed by atoms with Crippen LogP contribution in [-0.4, -0.2) is 30.6 Å². The maximum atomic E-state index is 10.0. The molecule has 0 spiro atoms. The molecule has 0 aromatic rings. The summed E-state index contributed by atoms with van der Waals surface area (Å²) in [5.74, 6) is -1.93. The SMILES string of the molecule is COC(=O)C(=O)CO. The molecular weight excluding hydrogens is 112 g/mol. The standard InChI is InChI=1S/C4H6O4/c1-8-4(7)3(6)2-5/h5H,2H2,1H3. The predicted molar refractivity (Wildman–Crippen MR) is 24.1 cm³/mol. The molecule has 46 valence electrons. The lowest BCUT2D eigenvalue weighted by molar-refractivity contribution is -0.152. The zero-order valence-corrected chi connectivity index (χ0v) is 4.38. The molecule has 0 aliphatic carbocycles. The summed E-state index contributed by atoms with van der Waals surface area (Å²) < 4.78 is 3.95. The molecule has 0 saturated heterocycles. The average Bonchev–Trinajstić information content (AvgIpc) is 1.84. The van der Waals surface area contributed by atoms with Crippen molar-refractivity contribution in [3.8, 4) is 0 Å². The van der Waals surface area contributed by atoms with Gasteiger partial charge >= 0.3 is 5.97 Å². The third-order valence-electron chi connectivity index (χ3n) is 0.557. The van der Waals surface area contributed by atoms with Gasteiger partial charge in [0, 0.05) is 0 Å². The van der Waals surface area contributed by atoms with Crippen LogP contribution in [0, 0.1) is 0 Å². The molecule has 0 rings (SSSR count). The number of carbonyl (C=O) groups is 2. The van der Waals surface area contributed by atoms with E-state index in [1.807, 2.05) is 0 Å². The minimum absolute atomic E-state index is 0.785. The first-order valence-electron chi connectivity index (χ1n) is 1.94. The molecule has 0 saturated carbocycles. The molecule has 0 aromatic heterocycles. The van der Waals surface area contributed by atoms with E-state index in [2.05, 4.69) is 4.74 Å². The van der Waals surface area contributed by atoms with E-state index in [-0.39, 0.29) is 0 Å². The van der Waals surface area contributed by atoms with Crippen LogP contribution in [0.4, 0.5) is 0 Å². The molecule has 0 fully saturated rings. The number of hydrogen-bond donors (Lipinski definition) is 1. The van der Waals surface area contributed by atoms with Crippen molar-refractivity contribution in [1.29, 1.82) is 0 Å². The van der Waals surface area contributed by atoms with Crippen molar-refractivity contribution in [1.82, 2.24) is 0 Å². The van der Waals surface area contributed by atoms with Gasteiger partial charge in [0.15, 0.2) is 0 Å². The first-order valence-corrected chi connectivity index (χ1v) is 1.94. The van der Waals surface area contributed by atoms with E-state index in [0.717, 1.165) is 7.11 Å². The Labute approximate surface area is 46.1 Å². The average molecular weight is 118 g/mol. The van der Waals surface area contributed by atoms with Gasteiger partial charge in [-0.05, 0) is 0 Å². The highest BCUT2D eigenvalue weighted by Gasteiger charge is 2.10. The van der Waals surface area contributed by atoms with E-state index in [0.29, 0.717) is 0 Å². The summed E-state index contributed by atoms with van der Waals surface area (Å²) >= 11 is 0. The third-order valence-corrected chi connectivity index (χ3v) is 0.557. The van der Waals surface area contributed by atoms with E-state index in [9.17, 15) is 9.59 Å². The van der Waals surface area contributed by atoms with Gasteiger partial charge in [-0.1, -0.05) is 0 Å². The molecule has 1 N–H and O–H groups in total. The lowest BCUT2D eigenvalue weighted by atomic mass is 10.4. The lowest BCUT2D eigenvalue weighted by Crippen LogP contribution is -2.18. The van der Waals surface area contributed by atoms with Crippen molar-refractivity contribution in [2.24, 2.45) is 0 Å². The Hall–Kier alpha value is -0.900. The van der Waals surface area contributed by atoms with Crippen LogP contribution in [0.15, 0.2) is 0 Å². The molecule has 0 aliphatic rings. The second kappa shape index (κ2) is 3.15.